The molecule has 92 valence electrons. The number of hydrogen-bond acceptors (Lipinski definition) is 4. The molecule has 0 aliphatic rings. The third-order valence-electron chi connectivity index (χ3n) is 2.57. The van der Waals surface area contributed by atoms with E-state index in [4.69, 9.17) is 0 Å². The standard InChI is InChI=1S/C10H19N3O2S/c1-11-9(5-4-6-16(3,14)15)10-7-12-8-13(10)2/h7-9,11H,4-6H2,1-3H3. The number of aromatic nitrogens is 2. The van der Waals surface area contributed by atoms with Gasteiger partial charge in [-0.2, -0.15) is 0 Å². The summed E-state index contributed by atoms with van der Waals surface area (Å²) in [5.74, 6) is 0.239. The van der Waals surface area contributed by atoms with E-state index < -0.39 is 9.84 Å². The van der Waals surface area contributed by atoms with Gasteiger partial charge in [-0.05, 0) is 19.9 Å². The van der Waals surface area contributed by atoms with E-state index in [9.17, 15) is 8.42 Å². The Labute approximate surface area is 96.8 Å². The molecule has 0 saturated heterocycles. The van der Waals surface area contributed by atoms with Crippen molar-refractivity contribution in [1.29, 1.82) is 0 Å². The summed E-state index contributed by atoms with van der Waals surface area (Å²) >= 11 is 0. The Bertz CT molecular complexity index is 425. The van der Waals surface area contributed by atoms with Gasteiger partial charge in [0.05, 0.1) is 12.0 Å². The van der Waals surface area contributed by atoms with Gasteiger partial charge in [0.15, 0.2) is 0 Å². The van der Waals surface area contributed by atoms with Crippen LogP contribution in [0.1, 0.15) is 24.6 Å². The molecule has 1 heterocycles. The first-order valence-electron chi connectivity index (χ1n) is 5.25. The molecular formula is C10H19N3O2S. The summed E-state index contributed by atoms with van der Waals surface area (Å²) in [6.45, 7) is 0. The second kappa shape index (κ2) is 5.45. The molecule has 1 aromatic rings. The van der Waals surface area contributed by atoms with Crippen molar-refractivity contribution in [3.8, 4) is 0 Å². The predicted molar refractivity (Wildman–Crippen MR) is 64.0 cm³/mol. The van der Waals surface area contributed by atoms with E-state index in [2.05, 4.69) is 10.3 Å². The number of aryl methyl sites for hydroxylation is 1. The molecule has 0 saturated carbocycles. The zero-order valence-corrected chi connectivity index (χ0v) is 10.8. The summed E-state index contributed by atoms with van der Waals surface area (Å²) in [5, 5.41) is 3.18. The van der Waals surface area contributed by atoms with Crippen LogP contribution in [-0.2, 0) is 16.9 Å². The fourth-order valence-corrected chi connectivity index (χ4v) is 2.38. The number of nitrogens with zero attached hydrogens (tertiary/aromatic N) is 2. The lowest BCUT2D eigenvalue weighted by molar-refractivity contribution is 0.510. The summed E-state index contributed by atoms with van der Waals surface area (Å²) in [6, 6.07) is 0.161. The van der Waals surface area contributed by atoms with Gasteiger partial charge in [-0.15, -0.1) is 0 Å². The Morgan fingerprint density at radius 2 is 2.25 bits per heavy atom. The van der Waals surface area contributed by atoms with Gasteiger partial charge in [0.25, 0.3) is 0 Å². The second-order valence-electron chi connectivity index (χ2n) is 4.04. The summed E-state index contributed by atoms with van der Waals surface area (Å²) in [4.78, 5) is 4.05. The van der Waals surface area contributed by atoms with Crippen LogP contribution in [0, 0.1) is 0 Å². The smallest absolute Gasteiger partial charge is 0.147 e. The van der Waals surface area contributed by atoms with Gasteiger partial charge in [0.2, 0.25) is 0 Å². The Hall–Kier alpha value is -0.880. The monoisotopic (exact) mass is 245 g/mol. The molecule has 0 radical (unpaired) electrons. The highest BCUT2D eigenvalue weighted by Crippen LogP contribution is 2.17. The Balaban J connectivity index is 2.54. The van der Waals surface area contributed by atoms with Gasteiger partial charge in [0.1, 0.15) is 9.84 Å². The fraction of sp³-hybridized carbons (Fsp3) is 0.700. The van der Waals surface area contributed by atoms with E-state index in [1.165, 1.54) is 6.26 Å². The van der Waals surface area contributed by atoms with Crippen LogP contribution >= 0.6 is 0 Å². The van der Waals surface area contributed by atoms with Crippen LogP contribution in [0.2, 0.25) is 0 Å². The lowest BCUT2D eigenvalue weighted by Gasteiger charge is -2.16. The molecule has 0 aromatic carbocycles. The predicted octanol–water partition coefficient (Wildman–Crippen LogP) is 0.505. The van der Waals surface area contributed by atoms with Crippen LogP contribution < -0.4 is 5.32 Å². The first-order chi connectivity index (χ1) is 7.44. The molecule has 5 nitrogen and oxygen atoms in total. The average molecular weight is 245 g/mol. The van der Waals surface area contributed by atoms with Gasteiger partial charge in [-0.1, -0.05) is 0 Å². The minimum Gasteiger partial charge on any atom is -0.336 e. The summed E-state index contributed by atoms with van der Waals surface area (Å²) in [5.41, 5.74) is 1.08. The number of nitrogens with one attached hydrogen (secondary N) is 1. The van der Waals surface area contributed by atoms with Crippen molar-refractivity contribution in [3.05, 3.63) is 18.2 Å². The zero-order valence-electron chi connectivity index (χ0n) is 9.97. The van der Waals surface area contributed by atoms with Gasteiger partial charge in [-0.3, -0.25) is 0 Å². The highest BCUT2D eigenvalue weighted by atomic mass is 32.2. The van der Waals surface area contributed by atoms with Crippen molar-refractivity contribution in [1.82, 2.24) is 14.9 Å². The Morgan fingerprint density at radius 3 is 2.69 bits per heavy atom. The molecular weight excluding hydrogens is 226 g/mol. The van der Waals surface area contributed by atoms with E-state index in [0.717, 1.165) is 12.1 Å². The van der Waals surface area contributed by atoms with Gasteiger partial charge >= 0.3 is 0 Å². The maximum Gasteiger partial charge on any atom is 0.147 e. The van der Waals surface area contributed by atoms with Crippen molar-refractivity contribution in [3.63, 3.8) is 0 Å². The van der Waals surface area contributed by atoms with Crippen molar-refractivity contribution >= 4 is 9.84 Å². The molecule has 0 aliphatic heterocycles. The number of hydrogen-bond donors (Lipinski definition) is 1. The van der Waals surface area contributed by atoms with E-state index in [1.54, 1.807) is 6.33 Å². The first-order valence-corrected chi connectivity index (χ1v) is 7.31. The molecule has 1 atom stereocenters. The molecule has 0 bridgehead atoms. The fourth-order valence-electron chi connectivity index (χ4n) is 1.69. The minimum absolute atomic E-state index is 0.161. The van der Waals surface area contributed by atoms with E-state index >= 15 is 0 Å². The SMILES string of the molecule is CNC(CCCS(C)(=O)=O)c1cncn1C. The van der Waals surface area contributed by atoms with Crippen LogP contribution in [0.5, 0.6) is 0 Å². The number of rotatable bonds is 6. The molecule has 16 heavy (non-hydrogen) atoms. The van der Waals surface area contributed by atoms with Crippen LogP contribution in [0.25, 0.3) is 0 Å². The van der Waals surface area contributed by atoms with Crippen molar-refractivity contribution in [2.75, 3.05) is 19.1 Å². The van der Waals surface area contributed by atoms with Crippen molar-refractivity contribution < 1.29 is 8.42 Å². The largest absolute Gasteiger partial charge is 0.336 e. The average Bonchev–Trinajstić information content (AvgIpc) is 2.58. The lowest BCUT2D eigenvalue weighted by atomic mass is 10.1. The first kappa shape index (κ1) is 13.2. The molecule has 1 rings (SSSR count). The third-order valence-corrected chi connectivity index (χ3v) is 3.60. The van der Waals surface area contributed by atoms with Gasteiger partial charge < -0.3 is 9.88 Å². The van der Waals surface area contributed by atoms with E-state index in [1.807, 2.05) is 24.9 Å². The van der Waals surface area contributed by atoms with Crippen LogP contribution in [-0.4, -0.2) is 37.0 Å². The van der Waals surface area contributed by atoms with Gasteiger partial charge in [0, 0.05) is 31.3 Å². The second-order valence-corrected chi connectivity index (χ2v) is 6.30. The van der Waals surface area contributed by atoms with E-state index in [-0.39, 0.29) is 11.8 Å². The molecule has 0 amide bonds. The maximum atomic E-state index is 11.0. The van der Waals surface area contributed by atoms with Crippen molar-refractivity contribution in [2.24, 2.45) is 7.05 Å². The zero-order chi connectivity index (χ0) is 12.2. The van der Waals surface area contributed by atoms with Crippen LogP contribution in [0.4, 0.5) is 0 Å². The normalized spacial score (nSPS) is 13.9. The molecule has 0 spiro atoms. The molecule has 0 fully saturated rings. The quantitative estimate of drug-likeness (QED) is 0.793. The Morgan fingerprint density at radius 1 is 1.56 bits per heavy atom. The minimum atomic E-state index is -2.86. The molecule has 1 aromatic heterocycles. The highest BCUT2D eigenvalue weighted by molar-refractivity contribution is 7.90. The van der Waals surface area contributed by atoms with Gasteiger partial charge in [-0.25, -0.2) is 13.4 Å². The van der Waals surface area contributed by atoms with Crippen LogP contribution in [0.15, 0.2) is 12.5 Å². The lowest BCUT2D eigenvalue weighted by Crippen LogP contribution is -2.20. The van der Waals surface area contributed by atoms with E-state index in [0.29, 0.717) is 6.42 Å². The highest BCUT2D eigenvalue weighted by Gasteiger charge is 2.13. The molecule has 6 heteroatoms. The summed E-state index contributed by atoms with van der Waals surface area (Å²) in [7, 11) is 0.950. The number of imidazole rings is 1. The number of sulfone groups is 1. The third kappa shape index (κ3) is 3.94. The summed E-state index contributed by atoms with van der Waals surface area (Å²) in [6.07, 6.45) is 6.28. The molecule has 0 aliphatic carbocycles. The van der Waals surface area contributed by atoms with Crippen LogP contribution in [0.3, 0.4) is 0 Å². The Kier molecular flexibility index (Phi) is 4.49. The maximum absolute atomic E-state index is 11.0. The van der Waals surface area contributed by atoms with Crippen molar-refractivity contribution in [2.45, 2.75) is 18.9 Å². The summed E-state index contributed by atoms with van der Waals surface area (Å²) < 4.78 is 24.0. The topological polar surface area (TPSA) is 64.0 Å². The molecule has 1 unspecified atom stereocenters. The molecule has 1 N–H and O–H groups in total.